The Labute approximate surface area is 113 Å². The average molecular weight is 264 g/mol. The SMILES string of the molecule is CCCc1cc(C(=O)O)cc(NC2(C)CCOC2)n1. The lowest BCUT2D eigenvalue weighted by atomic mass is 10.0. The van der Waals surface area contributed by atoms with E-state index in [4.69, 9.17) is 9.84 Å². The third-order valence-corrected chi connectivity index (χ3v) is 3.28. The van der Waals surface area contributed by atoms with Crippen LogP contribution in [0.3, 0.4) is 0 Å². The summed E-state index contributed by atoms with van der Waals surface area (Å²) < 4.78 is 5.38. The predicted octanol–water partition coefficient (Wildman–Crippen LogP) is 2.32. The van der Waals surface area contributed by atoms with Crippen molar-refractivity contribution in [3.8, 4) is 0 Å². The van der Waals surface area contributed by atoms with Gasteiger partial charge in [0.1, 0.15) is 5.82 Å². The third kappa shape index (κ3) is 3.44. The highest BCUT2D eigenvalue weighted by Crippen LogP contribution is 2.24. The highest BCUT2D eigenvalue weighted by molar-refractivity contribution is 5.88. The molecule has 1 aromatic heterocycles. The standard InChI is InChI=1S/C14H20N2O3/c1-3-4-11-7-10(13(17)18)8-12(15-11)16-14(2)5-6-19-9-14/h7-8H,3-6,9H2,1-2H3,(H,15,16)(H,17,18). The van der Waals surface area contributed by atoms with E-state index in [1.807, 2.05) is 6.92 Å². The maximum Gasteiger partial charge on any atom is 0.335 e. The molecule has 104 valence electrons. The molecule has 1 aliphatic rings. The van der Waals surface area contributed by atoms with Crippen LogP contribution in [0.2, 0.25) is 0 Å². The van der Waals surface area contributed by atoms with Gasteiger partial charge in [-0.15, -0.1) is 0 Å². The molecule has 1 unspecified atom stereocenters. The van der Waals surface area contributed by atoms with E-state index in [-0.39, 0.29) is 11.1 Å². The number of aromatic carboxylic acids is 1. The number of hydrogen-bond donors (Lipinski definition) is 2. The van der Waals surface area contributed by atoms with Crippen molar-refractivity contribution in [3.05, 3.63) is 23.4 Å². The van der Waals surface area contributed by atoms with Gasteiger partial charge in [0.25, 0.3) is 0 Å². The molecule has 5 nitrogen and oxygen atoms in total. The summed E-state index contributed by atoms with van der Waals surface area (Å²) in [5.41, 5.74) is 0.934. The quantitative estimate of drug-likeness (QED) is 0.854. The lowest BCUT2D eigenvalue weighted by molar-refractivity contribution is 0.0696. The van der Waals surface area contributed by atoms with E-state index in [1.54, 1.807) is 12.1 Å². The third-order valence-electron chi connectivity index (χ3n) is 3.28. The second-order valence-electron chi connectivity index (χ2n) is 5.28. The van der Waals surface area contributed by atoms with Gasteiger partial charge in [-0.2, -0.15) is 0 Å². The van der Waals surface area contributed by atoms with Crippen molar-refractivity contribution in [1.29, 1.82) is 0 Å². The van der Waals surface area contributed by atoms with Crippen molar-refractivity contribution >= 4 is 11.8 Å². The zero-order valence-electron chi connectivity index (χ0n) is 11.4. The van der Waals surface area contributed by atoms with E-state index in [9.17, 15) is 4.79 Å². The first kappa shape index (κ1) is 13.8. The van der Waals surface area contributed by atoms with Crippen LogP contribution in [0.4, 0.5) is 5.82 Å². The van der Waals surface area contributed by atoms with Gasteiger partial charge in [0.15, 0.2) is 0 Å². The van der Waals surface area contributed by atoms with Crippen molar-refractivity contribution in [2.24, 2.45) is 0 Å². The number of pyridine rings is 1. The number of nitrogens with zero attached hydrogens (tertiary/aromatic N) is 1. The molecule has 1 saturated heterocycles. The van der Waals surface area contributed by atoms with Crippen LogP contribution in [0.1, 0.15) is 42.7 Å². The number of carboxylic acids is 1. The van der Waals surface area contributed by atoms with E-state index in [2.05, 4.69) is 17.2 Å². The predicted molar refractivity (Wildman–Crippen MR) is 72.7 cm³/mol. The summed E-state index contributed by atoms with van der Waals surface area (Å²) in [6, 6.07) is 3.23. The fraction of sp³-hybridized carbons (Fsp3) is 0.571. The van der Waals surface area contributed by atoms with Gasteiger partial charge in [-0.25, -0.2) is 9.78 Å². The normalized spacial score (nSPS) is 22.4. The Morgan fingerprint density at radius 3 is 2.95 bits per heavy atom. The van der Waals surface area contributed by atoms with Crippen molar-refractivity contribution in [1.82, 2.24) is 4.98 Å². The molecule has 1 aliphatic heterocycles. The fourth-order valence-electron chi connectivity index (χ4n) is 2.23. The number of hydrogen-bond acceptors (Lipinski definition) is 4. The number of aromatic nitrogens is 1. The summed E-state index contributed by atoms with van der Waals surface area (Å²) in [5.74, 6) is -0.299. The summed E-state index contributed by atoms with van der Waals surface area (Å²) in [6.07, 6.45) is 2.62. The van der Waals surface area contributed by atoms with Gasteiger partial charge in [-0.3, -0.25) is 0 Å². The Kier molecular flexibility index (Phi) is 4.04. The molecular formula is C14H20N2O3. The molecule has 2 N–H and O–H groups in total. The van der Waals surface area contributed by atoms with Gasteiger partial charge in [0.05, 0.1) is 17.7 Å². The maximum atomic E-state index is 11.1. The average Bonchev–Trinajstić information content (AvgIpc) is 2.75. The Morgan fingerprint density at radius 1 is 1.58 bits per heavy atom. The van der Waals surface area contributed by atoms with Crippen molar-refractivity contribution in [3.63, 3.8) is 0 Å². The lowest BCUT2D eigenvalue weighted by Crippen LogP contribution is -2.35. The second kappa shape index (κ2) is 5.57. The summed E-state index contributed by atoms with van der Waals surface area (Å²) in [4.78, 5) is 15.6. The van der Waals surface area contributed by atoms with Gasteiger partial charge >= 0.3 is 5.97 Å². The molecule has 2 heterocycles. The highest BCUT2D eigenvalue weighted by atomic mass is 16.5. The monoisotopic (exact) mass is 264 g/mol. The molecule has 2 rings (SSSR count). The molecule has 0 radical (unpaired) electrons. The lowest BCUT2D eigenvalue weighted by Gasteiger charge is -2.24. The van der Waals surface area contributed by atoms with Gasteiger partial charge < -0.3 is 15.2 Å². The van der Waals surface area contributed by atoms with E-state index in [0.717, 1.165) is 31.6 Å². The van der Waals surface area contributed by atoms with Gasteiger partial charge in [-0.1, -0.05) is 13.3 Å². The van der Waals surface area contributed by atoms with Gasteiger partial charge in [0, 0.05) is 12.3 Å². The molecule has 1 aromatic rings. The molecule has 0 aliphatic carbocycles. The van der Waals surface area contributed by atoms with Crippen LogP contribution >= 0.6 is 0 Å². The minimum Gasteiger partial charge on any atom is -0.478 e. The number of anilines is 1. The Balaban J connectivity index is 2.25. The van der Waals surface area contributed by atoms with E-state index >= 15 is 0 Å². The Morgan fingerprint density at radius 2 is 2.37 bits per heavy atom. The van der Waals surface area contributed by atoms with Crippen LogP contribution in [0.25, 0.3) is 0 Å². The number of aryl methyl sites for hydroxylation is 1. The summed E-state index contributed by atoms with van der Waals surface area (Å²) in [6.45, 7) is 5.46. The molecule has 1 atom stereocenters. The Hall–Kier alpha value is -1.62. The number of ether oxygens (including phenoxy) is 1. The largest absolute Gasteiger partial charge is 0.478 e. The van der Waals surface area contributed by atoms with E-state index < -0.39 is 5.97 Å². The zero-order valence-corrected chi connectivity index (χ0v) is 11.4. The number of carboxylic acid groups (broad SMARTS) is 1. The smallest absolute Gasteiger partial charge is 0.335 e. The number of nitrogens with one attached hydrogen (secondary N) is 1. The number of rotatable bonds is 5. The zero-order chi connectivity index (χ0) is 13.9. The topological polar surface area (TPSA) is 71.5 Å². The van der Waals surface area contributed by atoms with E-state index in [0.29, 0.717) is 12.4 Å². The van der Waals surface area contributed by atoms with Crippen LogP contribution < -0.4 is 5.32 Å². The minimum absolute atomic E-state index is 0.159. The molecule has 0 amide bonds. The van der Waals surface area contributed by atoms with Crippen LogP contribution in [0, 0.1) is 0 Å². The van der Waals surface area contributed by atoms with Gasteiger partial charge in [0.2, 0.25) is 0 Å². The van der Waals surface area contributed by atoms with Crippen molar-refractivity contribution < 1.29 is 14.6 Å². The molecular weight excluding hydrogens is 244 g/mol. The van der Waals surface area contributed by atoms with Crippen molar-refractivity contribution in [2.45, 2.75) is 38.6 Å². The maximum absolute atomic E-state index is 11.1. The van der Waals surface area contributed by atoms with Crippen LogP contribution in [-0.2, 0) is 11.2 Å². The van der Waals surface area contributed by atoms with Crippen molar-refractivity contribution in [2.75, 3.05) is 18.5 Å². The first-order chi connectivity index (χ1) is 9.02. The Bertz CT molecular complexity index is 468. The molecule has 0 saturated carbocycles. The van der Waals surface area contributed by atoms with Crippen LogP contribution in [-0.4, -0.2) is 34.8 Å². The molecule has 5 heteroatoms. The highest BCUT2D eigenvalue weighted by Gasteiger charge is 2.30. The molecule has 0 aromatic carbocycles. The first-order valence-corrected chi connectivity index (χ1v) is 6.62. The second-order valence-corrected chi connectivity index (χ2v) is 5.28. The first-order valence-electron chi connectivity index (χ1n) is 6.62. The fourth-order valence-corrected chi connectivity index (χ4v) is 2.23. The van der Waals surface area contributed by atoms with Crippen LogP contribution in [0.15, 0.2) is 12.1 Å². The number of carbonyl (C=O) groups is 1. The molecule has 19 heavy (non-hydrogen) atoms. The van der Waals surface area contributed by atoms with Gasteiger partial charge in [-0.05, 0) is 31.9 Å². The molecule has 0 bridgehead atoms. The molecule has 0 spiro atoms. The van der Waals surface area contributed by atoms with Crippen LogP contribution in [0.5, 0.6) is 0 Å². The van der Waals surface area contributed by atoms with E-state index in [1.165, 1.54) is 0 Å². The molecule has 1 fully saturated rings. The summed E-state index contributed by atoms with van der Waals surface area (Å²) in [5, 5.41) is 12.5. The summed E-state index contributed by atoms with van der Waals surface area (Å²) in [7, 11) is 0. The summed E-state index contributed by atoms with van der Waals surface area (Å²) >= 11 is 0. The minimum atomic E-state index is -0.921.